The van der Waals surface area contributed by atoms with Crippen molar-refractivity contribution in [1.29, 1.82) is 0 Å². The number of nitrogens with zero attached hydrogens (tertiary/aromatic N) is 1. The fraction of sp³-hybridized carbons (Fsp3) is 0.375. The Bertz CT molecular complexity index is 314. The SMILES string of the molecule is CSc1cc(C)[n+]([O-])c(C)c1Br. The van der Waals surface area contributed by atoms with E-state index >= 15 is 0 Å². The van der Waals surface area contributed by atoms with E-state index in [1.807, 2.05) is 26.2 Å². The van der Waals surface area contributed by atoms with E-state index in [0.29, 0.717) is 0 Å². The highest BCUT2D eigenvalue weighted by Gasteiger charge is 2.12. The Kier molecular flexibility index (Phi) is 3.01. The van der Waals surface area contributed by atoms with Crippen LogP contribution in [0.5, 0.6) is 0 Å². The lowest BCUT2D eigenvalue weighted by atomic mass is 10.3. The Morgan fingerprint density at radius 1 is 1.50 bits per heavy atom. The van der Waals surface area contributed by atoms with Crippen LogP contribution in [0.2, 0.25) is 0 Å². The van der Waals surface area contributed by atoms with Crippen LogP contribution in [0.25, 0.3) is 0 Å². The molecule has 1 heterocycles. The summed E-state index contributed by atoms with van der Waals surface area (Å²) in [7, 11) is 0. The van der Waals surface area contributed by atoms with E-state index in [0.717, 1.165) is 25.5 Å². The molecule has 0 amide bonds. The molecule has 0 saturated carbocycles. The fourth-order valence-corrected chi connectivity index (χ4v) is 2.37. The second-order valence-corrected chi connectivity index (χ2v) is 4.19. The van der Waals surface area contributed by atoms with Crippen LogP contribution in [-0.4, -0.2) is 6.26 Å². The van der Waals surface area contributed by atoms with Gasteiger partial charge in [0.25, 0.3) is 0 Å². The largest absolute Gasteiger partial charge is 0.618 e. The number of hydrogen-bond acceptors (Lipinski definition) is 2. The number of rotatable bonds is 1. The van der Waals surface area contributed by atoms with Gasteiger partial charge in [0.15, 0.2) is 5.69 Å². The second-order valence-electron chi connectivity index (χ2n) is 2.55. The summed E-state index contributed by atoms with van der Waals surface area (Å²) in [6.07, 6.45) is 1.99. The molecule has 66 valence electrons. The number of hydrogen-bond donors (Lipinski definition) is 0. The van der Waals surface area contributed by atoms with Gasteiger partial charge in [-0.05, 0) is 22.2 Å². The normalized spacial score (nSPS) is 10.3. The summed E-state index contributed by atoms with van der Waals surface area (Å²) in [5.41, 5.74) is 1.46. The van der Waals surface area contributed by atoms with Crippen LogP contribution in [-0.2, 0) is 0 Å². The molecule has 12 heavy (non-hydrogen) atoms. The summed E-state index contributed by atoms with van der Waals surface area (Å²) >= 11 is 5.02. The van der Waals surface area contributed by atoms with Crippen molar-refractivity contribution >= 4 is 27.7 Å². The Balaban J connectivity index is 3.39. The third kappa shape index (κ3) is 1.59. The minimum Gasteiger partial charge on any atom is -0.618 e. The van der Waals surface area contributed by atoms with E-state index in [1.165, 1.54) is 0 Å². The lowest BCUT2D eigenvalue weighted by Crippen LogP contribution is -2.34. The molecule has 0 aliphatic heterocycles. The van der Waals surface area contributed by atoms with Crippen molar-refractivity contribution in [2.45, 2.75) is 18.7 Å². The summed E-state index contributed by atoms with van der Waals surface area (Å²) in [6.45, 7) is 3.62. The van der Waals surface area contributed by atoms with Crippen molar-refractivity contribution in [2.24, 2.45) is 0 Å². The monoisotopic (exact) mass is 247 g/mol. The summed E-state index contributed by atoms with van der Waals surface area (Å²) in [5, 5.41) is 11.3. The summed E-state index contributed by atoms with van der Waals surface area (Å²) < 4.78 is 1.83. The predicted octanol–water partition coefficient (Wildman–Crippen LogP) is 2.42. The summed E-state index contributed by atoms with van der Waals surface area (Å²) in [4.78, 5) is 1.11. The molecule has 0 radical (unpaired) electrons. The maximum absolute atomic E-state index is 11.3. The molecule has 0 aliphatic carbocycles. The summed E-state index contributed by atoms with van der Waals surface area (Å²) in [5.74, 6) is 0. The Morgan fingerprint density at radius 3 is 2.58 bits per heavy atom. The zero-order chi connectivity index (χ0) is 9.30. The highest BCUT2D eigenvalue weighted by atomic mass is 79.9. The van der Waals surface area contributed by atoms with Crippen LogP contribution in [0.1, 0.15) is 11.4 Å². The zero-order valence-electron chi connectivity index (χ0n) is 7.22. The quantitative estimate of drug-likeness (QED) is 0.433. The first-order valence-corrected chi connectivity index (χ1v) is 5.53. The van der Waals surface area contributed by atoms with E-state index in [1.54, 1.807) is 11.8 Å². The van der Waals surface area contributed by atoms with Crippen LogP contribution in [0.15, 0.2) is 15.4 Å². The topological polar surface area (TPSA) is 26.9 Å². The maximum Gasteiger partial charge on any atom is 0.205 e. The van der Waals surface area contributed by atoms with Gasteiger partial charge in [-0.1, -0.05) is 0 Å². The van der Waals surface area contributed by atoms with E-state index < -0.39 is 0 Å². The van der Waals surface area contributed by atoms with Crippen LogP contribution in [0.4, 0.5) is 0 Å². The molecule has 1 rings (SSSR count). The standard InChI is InChI=1S/C8H10BrNOS/c1-5-4-7(12-3)8(9)6(2)10(5)11/h4H,1-3H3. The van der Waals surface area contributed by atoms with Crippen molar-refractivity contribution in [3.8, 4) is 0 Å². The van der Waals surface area contributed by atoms with Crippen molar-refractivity contribution in [3.63, 3.8) is 0 Å². The van der Waals surface area contributed by atoms with Crippen molar-refractivity contribution < 1.29 is 4.73 Å². The zero-order valence-corrected chi connectivity index (χ0v) is 9.62. The fourth-order valence-electron chi connectivity index (χ4n) is 0.992. The molecule has 0 atom stereocenters. The molecule has 0 N–H and O–H groups in total. The molecule has 0 aromatic carbocycles. The molecule has 2 nitrogen and oxygen atoms in total. The van der Waals surface area contributed by atoms with Gasteiger partial charge in [0.2, 0.25) is 5.69 Å². The van der Waals surface area contributed by atoms with Crippen molar-refractivity contribution in [1.82, 2.24) is 0 Å². The highest BCUT2D eigenvalue weighted by molar-refractivity contribution is 9.10. The number of aromatic nitrogens is 1. The number of thioether (sulfide) groups is 1. The Morgan fingerprint density at radius 2 is 2.08 bits per heavy atom. The smallest absolute Gasteiger partial charge is 0.205 e. The maximum atomic E-state index is 11.3. The molecule has 0 saturated heterocycles. The van der Waals surface area contributed by atoms with Gasteiger partial charge < -0.3 is 5.21 Å². The molecule has 0 unspecified atom stereocenters. The van der Waals surface area contributed by atoms with Gasteiger partial charge >= 0.3 is 0 Å². The van der Waals surface area contributed by atoms with E-state index in [-0.39, 0.29) is 0 Å². The minimum atomic E-state index is 0.722. The van der Waals surface area contributed by atoms with Gasteiger partial charge in [0, 0.05) is 24.8 Å². The first-order valence-electron chi connectivity index (χ1n) is 3.51. The third-order valence-corrected chi connectivity index (χ3v) is 3.74. The van der Waals surface area contributed by atoms with E-state index in [4.69, 9.17) is 0 Å². The van der Waals surface area contributed by atoms with Gasteiger partial charge in [-0.15, -0.1) is 11.8 Å². The lowest BCUT2D eigenvalue weighted by molar-refractivity contribution is -0.620. The first kappa shape index (κ1) is 9.86. The number of aryl methyl sites for hydroxylation is 1. The van der Waals surface area contributed by atoms with Crippen LogP contribution < -0.4 is 4.73 Å². The predicted molar refractivity (Wildman–Crippen MR) is 54.4 cm³/mol. The van der Waals surface area contributed by atoms with Crippen LogP contribution >= 0.6 is 27.7 Å². The van der Waals surface area contributed by atoms with Gasteiger partial charge in [-0.2, -0.15) is 4.73 Å². The van der Waals surface area contributed by atoms with Crippen molar-refractivity contribution in [2.75, 3.05) is 6.26 Å². The van der Waals surface area contributed by atoms with E-state index in [2.05, 4.69) is 15.9 Å². The Hall–Kier alpha value is -0.220. The molecule has 0 spiro atoms. The molecule has 0 aliphatic rings. The summed E-state index contributed by atoms with van der Waals surface area (Å²) in [6, 6.07) is 1.88. The van der Waals surface area contributed by atoms with Gasteiger partial charge in [-0.3, -0.25) is 0 Å². The first-order chi connectivity index (χ1) is 5.57. The lowest BCUT2D eigenvalue weighted by Gasteiger charge is -2.08. The molecule has 0 bridgehead atoms. The van der Waals surface area contributed by atoms with Crippen LogP contribution in [0.3, 0.4) is 0 Å². The average Bonchev–Trinajstić information content (AvgIpc) is 2.08. The van der Waals surface area contributed by atoms with Crippen molar-refractivity contribution in [3.05, 3.63) is 27.1 Å². The minimum absolute atomic E-state index is 0.722. The number of pyridine rings is 1. The van der Waals surface area contributed by atoms with Gasteiger partial charge in [-0.25, -0.2) is 0 Å². The molecule has 1 aromatic rings. The average molecular weight is 248 g/mol. The van der Waals surface area contributed by atoms with Gasteiger partial charge in [0.05, 0.1) is 4.47 Å². The molecule has 4 heteroatoms. The molecular weight excluding hydrogens is 238 g/mol. The number of halogens is 1. The Labute approximate surface area is 84.7 Å². The van der Waals surface area contributed by atoms with Crippen LogP contribution in [0, 0.1) is 19.1 Å². The highest BCUT2D eigenvalue weighted by Crippen LogP contribution is 2.27. The van der Waals surface area contributed by atoms with Gasteiger partial charge in [0.1, 0.15) is 0 Å². The van der Waals surface area contributed by atoms with E-state index in [9.17, 15) is 5.21 Å². The third-order valence-electron chi connectivity index (χ3n) is 1.72. The molecule has 0 fully saturated rings. The second kappa shape index (κ2) is 3.66. The molecular formula is C8H10BrNOS. The molecule has 1 aromatic heterocycles.